The van der Waals surface area contributed by atoms with E-state index in [1.807, 2.05) is 0 Å². The number of nitro groups is 1. The van der Waals surface area contributed by atoms with E-state index in [2.05, 4.69) is 0 Å². The summed E-state index contributed by atoms with van der Waals surface area (Å²) in [6.45, 7) is 0. The lowest BCUT2D eigenvalue weighted by molar-refractivity contribution is -0.384. The van der Waals surface area contributed by atoms with Gasteiger partial charge < -0.3 is 5.11 Å². The Kier molecular flexibility index (Phi) is 4.32. The van der Waals surface area contributed by atoms with Crippen LogP contribution in [0.4, 0.5) is 10.1 Å². The predicted octanol–water partition coefficient (Wildman–Crippen LogP) is 3.08. The van der Waals surface area contributed by atoms with Crippen molar-refractivity contribution in [2.24, 2.45) is 7.05 Å². The molecule has 0 saturated heterocycles. The monoisotopic (exact) mass is 361 g/mol. The molecule has 7 nitrogen and oxygen atoms in total. The van der Waals surface area contributed by atoms with Gasteiger partial charge in [-0.1, -0.05) is 23.9 Å². The number of rotatable bonds is 4. The van der Waals surface area contributed by atoms with E-state index >= 15 is 0 Å². The summed E-state index contributed by atoms with van der Waals surface area (Å²) in [6, 6.07) is 11.3. The van der Waals surface area contributed by atoms with E-state index in [0.717, 1.165) is 16.3 Å². The van der Waals surface area contributed by atoms with E-state index in [9.17, 15) is 24.4 Å². The van der Waals surface area contributed by atoms with Crippen LogP contribution in [0.1, 0.15) is 0 Å². The molecular formula is C16H12FN3O4S. The highest BCUT2D eigenvalue weighted by atomic mass is 32.2. The summed E-state index contributed by atoms with van der Waals surface area (Å²) in [5.41, 5.74) is -0.727. The Morgan fingerprint density at radius 1 is 1.16 bits per heavy atom. The maximum atomic E-state index is 14.0. The standard InChI is InChI=1S/C16H12FN3O4S/c1-18-15(25-11-8-6-10(7-9-11)20(23)24)14(21)19(16(18)22)13-5-3-2-4-12(13)17/h2-9,21H,1H3. The van der Waals surface area contributed by atoms with E-state index in [0.29, 0.717) is 4.90 Å². The third kappa shape index (κ3) is 3.01. The van der Waals surface area contributed by atoms with Gasteiger partial charge >= 0.3 is 5.69 Å². The zero-order chi connectivity index (χ0) is 18.1. The Balaban J connectivity index is 2.04. The number of nitrogens with zero attached hydrogens (tertiary/aromatic N) is 3. The van der Waals surface area contributed by atoms with Crippen molar-refractivity contribution in [1.29, 1.82) is 0 Å². The first-order valence-electron chi connectivity index (χ1n) is 7.08. The van der Waals surface area contributed by atoms with E-state index in [-0.39, 0.29) is 16.4 Å². The van der Waals surface area contributed by atoms with E-state index in [1.165, 1.54) is 54.1 Å². The first-order valence-corrected chi connectivity index (χ1v) is 7.89. The van der Waals surface area contributed by atoms with Gasteiger partial charge in [0.2, 0.25) is 5.88 Å². The van der Waals surface area contributed by atoms with E-state index in [1.54, 1.807) is 6.07 Å². The zero-order valence-corrected chi connectivity index (χ0v) is 13.7. The highest BCUT2D eigenvalue weighted by Gasteiger charge is 2.21. The predicted molar refractivity (Wildman–Crippen MR) is 89.9 cm³/mol. The number of nitro benzene ring substituents is 1. The molecular weight excluding hydrogens is 349 g/mol. The van der Waals surface area contributed by atoms with Crippen molar-refractivity contribution in [2.75, 3.05) is 0 Å². The van der Waals surface area contributed by atoms with Crippen molar-refractivity contribution in [3.8, 4) is 11.6 Å². The van der Waals surface area contributed by atoms with Crippen LogP contribution in [0.25, 0.3) is 5.69 Å². The highest BCUT2D eigenvalue weighted by Crippen LogP contribution is 2.35. The Hall–Kier alpha value is -3.07. The summed E-state index contributed by atoms with van der Waals surface area (Å²) in [5.74, 6) is -1.04. The largest absolute Gasteiger partial charge is 0.492 e. The molecule has 9 heteroatoms. The van der Waals surface area contributed by atoms with Crippen molar-refractivity contribution in [3.63, 3.8) is 0 Å². The van der Waals surface area contributed by atoms with Crippen molar-refractivity contribution in [2.45, 2.75) is 9.92 Å². The Morgan fingerprint density at radius 3 is 2.40 bits per heavy atom. The molecule has 2 aromatic carbocycles. The van der Waals surface area contributed by atoms with Gasteiger partial charge in [0, 0.05) is 24.1 Å². The summed E-state index contributed by atoms with van der Waals surface area (Å²) in [4.78, 5) is 23.2. The van der Waals surface area contributed by atoms with Crippen LogP contribution in [-0.2, 0) is 7.05 Å². The molecule has 0 aliphatic heterocycles. The van der Waals surface area contributed by atoms with E-state index < -0.39 is 22.3 Å². The summed E-state index contributed by atoms with van der Waals surface area (Å²) in [5, 5.41) is 21.3. The molecule has 0 saturated carbocycles. The molecule has 25 heavy (non-hydrogen) atoms. The molecule has 1 N–H and O–H groups in total. The third-order valence-electron chi connectivity index (χ3n) is 3.54. The van der Waals surface area contributed by atoms with Gasteiger partial charge in [-0.2, -0.15) is 0 Å². The van der Waals surface area contributed by atoms with E-state index in [4.69, 9.17) is 0 Å². The molecule has 0 atom stereocenters. The number of imidazole rings is 1. The van der Waals surface area contributed by atoms with Crippen LogP contribution in [-0.4, -0.2) is 19.2 Å². The minimum absolute atomic E-state index is 0.0591. The van der Waals surface area contributed by atoms with Gasteiger partial charge in [0.1, 0.15) is 10.8 Å². The second kappa shape index (κ2) is 6.44. The number of benzene rings is 2. The molecule has 128 valence electrons. The molecule has 0 fully saturated rings. The molecule has 0 unspecified atom stereocenters. The average Bonchev–Trinajstić information content (AvgIpc) is 2.80. The number of aromatic hydroxyl groups is 1. The Morgan fingerprint density at radius 2 is 1.80 bits per heavy atom. The van der Waals surface area contributed by atoms with Crippen molar-refractivity contribution < 1.29 is 14.4 Å². The minimum atomic E-state index is -0.641. The summed E-state index contributed by atoms with van der Waals surface area (Å²) in [7, 11) is 1.45. The highest BCUT2D eigenvalue weighted by molar-refractivity contribution is 7.99. The third-order valence-corrected chi connectivity index (χ3v) is 4.70. The lowest BCUT2D eigenvalue weighted by Gasteiger charge is -2.05. The number of aromatic nitrogens is 2. The number of halogens is 1. The van der Waals surface area contributed by atoms with Crippen LogP contribution in [0, 0.1) is 15.9 Å². The molecule has 0 radical (unpaired) electrons. The number of para-hydroxylation sites is 1. The number of non-ortho nitro benzene ring substituents is 1. The van der Waals surface area contributed by atoms with Gasteiger partial charge in [-0.3, -0.25) is 14.7 Å². The minimum Gasteiger partial charge on any atom is -0.492 e. The first-order chi connectivity index (χ1) is 11.9. The smallest absolute Gasteiger partial charge is 0.336 e. The molecule has 1 heterocycles. The van der Waals surface area contributed by atoms with Crippen LogP contribution >= 0.6 is 11.8 Å². The first kappa shape index (κ1) is 16.8. The molecule has 0 spiro atoms. The fourth-order valence-corrected chi connectivity index (χ4v) is 3.18. The zero-order valence-electron chi connectivity index (χ0n) is 12.9. The van der Waals surface area contributed by atoms with Crippen molar-refractivity contribution in [3.05, 3.63) is 74.9 Å². The van der Waals surface area contributed by atoms with Crippen LogP contribution in [0.2, 0.25) is 0 Å². The Bertz CT molecular complexity index is 1010. The number of hydrogen-bond donors (Lipinski definition) is 1. The lowest BCUT2D eigenvalue weighted by Crippen LogP contribution is -2.21. The topological polar surface area (TPSA) is 90.3 Å². The van der Waals surface area contributed by atoms with Crippen LogP contribution in [0.15, 0.2) is 63.2 Å². The van der Waals surface area contributed by atoms with Crippen molar-refractivity contribution >= 4 is 17.4 Å². The summed E-state index contributed by atoms with van der Waals surface area (Å²) < 4.78 is 16.0. The SMILES string of the molecule is Cn1c(Sc2ccc([N+](=O)[O-])cc2)c(O)n(-c2ccccc2F)c1=O. The maximum absolute atomic E-state index is 14.0. The number of hydrogen-bond acceptors (Lipinski definition) is 5. The fraction of sp³-hybridized carbons (Fsp3) is 0.0625. The molecule has 0 bridgehead atoms. The van der Waals surface area contributed by atoms with Gasteiger partial charge in [0.05, 0.1) is 10.6 Å². The molecule has 0 aliphatic carbocycles. The molecule has 0 aliphatic rings. The second-order valence-corrected chi connectivity index (χ2v) is 6.17. The van der Waals surface area contributed by atoms with Gasteiger partial charge in [-0.15, -0.1) is 0 Å². The quantitative estimate of drug-likeness (QED) is 0.570. The molecule has 0 amide bonds. The molecule has 3 aromatic rings. The van der Waals surface area contributed by atoms with Crippen molar-refractivity contribution in [1.82, 2.24) is 9.13 Å². The summed E-state index contributed by atoms with van der Waals surface area (Å²) in [6.07, 6.45) is 0. The van der Waals surface area contributed by atoms with Crippen LogP contribution < -0.4 is 5.69 Å². The van der Waals surface area contributed by atoms with Gasteiger partial charge in [0.25, 0.3) is 5.69 Å². The fourth-order valence-electron chi connectivity index (χ4n) is 2.28. The maximum Gasteiger partial charge on any atom is 0.336 e. The summed E-state index contributed by atoms with van der Waals surface area (Å²) >= 11 is 1.04. The molecule has 3 rings (SSSR count). The lowest BCUT2D eigenvalue weighted by atomic mass is 10.3. The average molecular weight is 361 g/mol. The Labute approximate surface area is 145 Å². The van der Waals surface area contributed by atoms with Gasteiger partial charge in [-0.25, -0.2) is 13.8 Å². The van der Waals surface area contributed by atoms with Gasteiger partial charge in [-0.05, 0) is 24.3 Å². The van der Waals surface area contributed by atoms with Gasteiger partial charge in [0.15, 0.2) is 0 Å². The normalized spacial score (nSPS) is 10.8. The second-order valence-electron chi connectivity index (χ2n) is 5.11. The molecule has 1 aromatic heterocycles. The van der Waals surface area contributed by atoms with Crippen LogP contribution in [0.3, 0.4) is 0 Å². The van der Waals surface area contributed by atoms with Crippen LogP contribution in [0.5, 0.6) is 5.88 Å².